The van der Waals surface area contributed by atoms with Gasteiger partial charge in [-0.25, -0.2) is 0 Å². The summed E-state index contributed by atoms with van der Waals surface area (Å²) >= 11 is 0. The lowest BCUT2D eigenvalue weighted by atomic mass is 9.88. The third-order valence-electron chi connectivity index (χ3n) is 3.53. The smallest absolute Gasteiger partial charge is 0.121 e. The molecule has 1 unspecified atom stereocenters. The first kappa shape index (κ1) is 9.95. The first-order chi connectivity index (χ1) is 6.87. The third-order valence-corrected chi connectivity index (χ3v) is 3.53. The molecule has 2 saturated heterocycles. The summed E-state index contributed by atoms with van der Waals surface area (Å²) in [6.07, 6.45) is 6.07. The van der Waals surface area contributed by atoms with E-state index < -0.39 is 0 Å². The number of piperidine rings is 2. The summed E-state index contributed by atoms with van der Waals surface area (Å²) < 4.78 is 0. The number of nitriles is 1. The van der Waals surface area contributed by atoms with E-state index in [1.54, 1.807) is 0 Å². The van der Waals surface area contributed by atoms with Gasteiger partial charge in [0.2, 0.25) is 0 Å². The Bertz CT molecular complexity index is 219. The van der Waals surface area contributed by atoms with Crippen molar-refractivity contribution in [3.63, 3.8) is 0 Å². The molecular formula is C11H19N3. The number of nitrogens with one attached hydrogen (secondary N) is 1. The van der Waals surface area contributed by atoms with Gasteiger partial charge in [0.1, 0.15) is 5.54 Å². The zero-order valence-corrected chi connectivity index (χ0v) is 8.76. The maximum Gasteiger partial charge on any atom is 0.121 e. The van der Waals surface area contributed by atoms with Crippen molar-refractivity contribution in [2.24, 2.45) is 0 Å². The molecule has 3 nitrogen and oxygen atoms in total. The van der Waals surface area contributed by atoms with E-state index in [2.05, 4.69) is 16.3 Å². The molecule has 0 radical (unpaired) electrons. The summed E-state index contributed by atoms with van der Waals surface area (Å²) in [6.45, 7) is 4.19. The number of nitrogens with zero attached hydrogens (tertiary/aromatic N) is 2. The van der Waals surface area contributed by atoms with E-state index in [1.807, 2.05) is 0 Å². The first-order valence-corrected chi connectivity index (χ1v) is 5.74. The van der Waals surface area contributed by atoms with Crippen LogP contribution in [-0.2, 0) is 0 Å². The van der Waals surface area contributed by atoms with E-state index >= 15 is 0 Å². The van der Waals surface area contributed by atoms with E-state index in [9.17, 15) is 5.26 Å². The highest BCUT2D eigenvalue weighted by Gasteiger charge is 2.38. The summed E-state index contributed by atoms with van der Waals surface area (Å²) in [5, 5.41) is 12.7. The average molecular weight is 193 g/mol. The molecule has 2 rings (SSSR count). The van der Waals surface area contributed by atoms with Gasteiger partial charge in [-0.05, 0) is 45.3 Å². The number of hydrogen-bond acceptors (Lipinski definition) is 3. The van der Waals surface area contributed by atoms with Crippen molar-refractivity contribution in [3.05, 3.63) is 0 Å². The molecule has 3 heteroatoms. The zero-order valence-electron chi connectivity index (χ0n) is 8.76. The van der Waals surface area contributed by atoms with Crippen LogP contribution in [0.3, 0.4) is 0 Å². The van der Waals surface area contributed by atoms with Gasteiger partial charge in [0.05, 0.1) is 6.07 Å². The van der Waals surface area contributed by atoms with Crippen molar-refractivity contribution in [1.82, 2.24) is 10.2 Å². The van der Waals surface area contributed by atoms with Crippen LogP contribution in [0.4, 0.5) is 0 Å². The predicted octanol–water partition coefficient (Wildman–Crippen LogP) is 1.12. The van der Waals surface area contributed by atoms with Crippen LogP contribution in [-0.4, -0.2) is 36.6 Å². The molecule has 0 saturated carbocycles. The Hall–Kier alpha value is -0.590. The Kier molecular flexibility index (Phi) is 3.05. The second-order valence-corrected chi connectivity index (χ2v) is 4.47. The van der Waals surface area contributed by atoms with Crippen molar-refractivity contribution in [2.75, 3.05) is 26.2 Å². The molecule has 0 spiro atoms. The van der Waals surface area contributed by atoms with Gasteiger partial charge in [-0.15, -0.1) is 0 Å². The Morgan fingerprint density at radius 3 is 2.50 bits per heavy atom. The summed E-state index contributed by atoms with van der Waals surface area (Å²) in [4.78, 5) is 2.41. The Labute approximate surface area is 86.1 Å². The summed E-state index contributed by atoms with van der Waals surface area (Å²) in [5.74, 6) is 0. The van der Waals surface area contributed by atoms with E-state index in [0.29, 0.717) is 0 Å². The lowest BCUT2D eigenvalue weighted by molar-refractivity contribution is 0.0874. The topological polar surface area (TPSA) is 39.1 Å². The van der Waals surface area contributed by atoms with E-state index in [4.69, 9.17) is 0 Å². The number of hydrogen-bond donors (Lipinski definition) is 1. The molecule has 2 aliphatic heterocycles. The fraction of sp³-hybridized carbons (Fsp3) is 0.909. The van der Waals surface area contributed by atoms with Crippen molar-refractivity contribution in [2.45, 2.75) is 37.6 Å². The van der Waals surface area contributed by atoms with Crippen molar-refractivity contribution < 1.29 is 0 Å². The van der Waals surface area contributed by atoms with Gasteiger partial charge in [0.25, 0.3) is 0 Å². The minimum absolute atomic E-state index is 0.182. The fourth-order valence-corrected chi connectivity index (χ4v) is 2.65. The minimum Gasteiger partial charge on any atom is -0.314 e. The molecule has 0 aromatic heterocycles. The van der Waals surface area contributed by atoms with Crippen LogP contribution < -0.4 is 5.32 Å². The average Bonchev–Trinajstić information content (AvgIpc) is 2.31. The molecule has 2 aliphatic rings. The Balaban J connectivity index is 2.06. The molecule has 2 heterocycles. The van der Waals surface area contributed by atoms with E-state index in [-0.39, 0.29) is 5.54 Å². The fourth-order valence-electron chi connectivity index (χ4n) is 2.65. The van der Waals surface area contributed by atoms with Crippen LogP contribution in [0, 0.1) is 11.3 Å². The molecule has 78 valence electrons. The van der Waals surface area contributed by atoms with Crippen LogP contribution in [0.1, 0.15) is 32.1 Å². The zero-order chi connectivity index (χ0) is 9.86. The monoisotopic (exact) mass is 193 g/mol. The standard InChI is InChI=1S/C11H19N3/c12-9-11(5-4-6-13-10-11)14-7-2-1-3-8-14/h13H,1-8,10H2. The molecule has 0 aliphatic carbocycles. The molecule has 14 heavy (non-hydrogen) atoms. The summed E-state index contributed by atoms with van der Waals surface area (Å²) in [6, 6.07) is 2.55. The van der Waals surface area contributed by atoms with Gasteiger partial charge in [0, 0.05) is 6.54 Å². The van der Waals surface area contributed by atoms with Gasteiger partial charge < -0.3 is 5.32 Å². The lowest BCUT2D eigenvalue weighted by Gasteiger charge is -2.43. The summed E-state index contributed by atoms with van der Waals surface area (Å²) in [7, 11) is 0. The minimum atomic E-state index is -0.182. The predicted molar refractivity (Wildman–Crippen MR) is 55.9 cm³/mol. The Morgan fingerprint density at radius 1 is 1.14 bits per heavy atom. The van der Waals surface area contributed by atoms with Crippen molar-refractivity contribution in [3.8, 4) is 6.07 Å². The van der Waals surface area contributed by atoms with Crippen molar-refractivity contribution >= 4 is 0 Å². The van der Waals surface area contributed by atoms with Gasteiger partial charge in [0.15, 0.2) is 0 Å². The lowest BCUT2D eigenvalue weighted by Crippen LogP contribution is -2.58. The molecule has 0 amide bonds. The van der Waals surface area contributed by atoms with Crippen LogP contribution >= 0.6 is 0 Å². The van der Waals surface area contributed by atoms with E-state index in [1.165, 1.54) is 19.3 Å². The normalized spacial score (nSPS) is 35.1. The van der Waals surface area contributed by atoms with Crippen LogP contribution in [0.5, 0.6) is 0 Å². The highest BCUT2D eigenvalue weighted by Crippen LogP contribution is 2.26. The van der Waals surface area contributed by atoms with Crippen LogP contribution in [0.15, 0.2) is 0 Å². The molecule has 1 N–H and O–H groups in total. The quantitative estimate of drug-likeness (QED) is 0.678. The van der Waals surface area contributed by atoms with E-state index in [0.717, 1.165) is 39.0 Å². The van der Waals surface area contributed by atoms with Gasteiger partial charge in [-0.3, -0.25) is 4.90 Å². The SMILES string of the molecule is N#CC1(N2CCCCC2)CCCNC1. The second-order valence-electron chi connectivity index (χ2n) is 4.47. The molecular weight excluding hydrogens is 174 g/mol. The van der Waals surface area contributed by atoms with Crippen molar-refractivity contribution in [1.29, 1.82) is 5.26 Å². The van der Waals surface area contributed by atoms with Gasteiger partial charge in [-0.1, -0.05) is 6.42 Å². The van der Waals surface area contributed by atoms with Crippen LogP contribution in [0.25, 0.3) is 0 Å². The largest absolute Gasteiger partial charge is 0.314 e. The molecule has 1 atom stereocenters. The maximum absolute atomic E-state index is 9.36. The maximum atomic E-state index is 9.36. The Morgan fingerprint density at radius 2 is 1.93 bits per heavy atom. The first-order valence-electron chi connectivity index (χ1n) is 5.74. The molecule has 0 aromatic carbocycles. The highest BCUT2D eigenvalue weighted by molar-refractivity contribution is 5.11. The number of rotatable bonds is 1. The molecule has 0 bridgehead atoms. The van der Waals surface area contributed by atoms with Gasteiger partial charge >= 0.3 is 0 Å². The highest BCUT2D eigenvalue weighted by atomic mass is 15.2. The molecule has 0 aromatic rings. The third kappa shape index (κ3) is 1.77. The van der Waals surface area contributed by atoms with Crippen LogP contribution in [0.2, 0.25) is 0 Å². The molecule has 2 fully saturated rings. The second kappa shape index (κ2) is 4.29. The number of likely N-dealkylation sites (tertiary alicyclic amines) is 1. The summed E-state index contributed by atoms with van der Waals surface area (Å²) in [5.41, 5.74) is -0.182. The van der Waals surface area contributed by atoms with Gasteiger partial charge in [-0.2, -0.15) is 5.26 Å².